The number of nitrogens with zero attached hydrogens (tertiary/aromatic N) is 5. The molecule has 3 fully saturated rings. The number of aromatic nitrogens is 4. The van der Waals surface area contributed by atoms with Gasteiger partial charge in [-0.3, -0.25) is 14.7 Å². The number of ether oxygens (including phenoxy) is 2. The molecular formula is C27H46N8O4. The molecule has 3 N–H and O–H groups in total. The zero-order chi connectivity index (χ0) is 28.7. The van der Waals surface area contributed by atoms with Gasteiger partial charge >= 0.3 is 0 Å². The van der Waals surface area contributed by atoms with Crippen LogP contribution in [0.4, 0.5) is 11.8 Å². The van der Waals surface area contributed by atoms with Gasteiger partial charge in [0.15, 0.2) is 5.82 Å². The van der Waals surface area contributed by atoms with E-state index < -0.39 is 0 Å². The van der Waals surface area contributed by atoms with Gasteiger partial charge in [0.2, 0.25) is 12.4 Å². The van der Waals surface area contributed by atoms with E-state index in [0.717, 1.165) is 68.0 Å². The average Bonchev–Trinajstić information content (AvgIpc) is 3.68. The van der Waals surface area contributed by atoms with Gasteiger partial charge in [-0.05, 0) is 20.3 Å². The first-order valence-electron chi connectivity index (χ1n) is 13.5. The first-order valence-corrected chi connectivity index (χ1v) is 13.5. The molecule has 5 heterocycles. The quantitative estimate of drug-likeness (QED) is 0.336. The van der Waals surface area contributed by atoms with E-state index in [-0.39, 0.29) is 6.04 Å². The molecule has 0 aliphatic carbocycles. The highest BCUT2D eigenvalue weighted by Gasteiger charge is 2.45. The molecular weight excluding hydrogens is 500 g/mol. The number of hydroxylamine groups is 2. The van der Waals surface area contributed by atoms with Crippen molar-refractivity contribution >= 4 is 18.2 Å². The molecule has 1 amide bonds. The molecule has 0 bridgehead atoms. The smallest absolute Gasteiger partial charge is 0.225 e. The lowest BCUT2D eigenvalue weighted by molar-refractivity contribution is -0.118. The number of anilines is 2. The second-order valence-corrected chi connectivity index (χ2v) is 9.32. The Morgan fingerprint density at radius 3 is 2.51 bits per heavy atom. The molecule has 39 heavy (non-hydrogen) atoms. The predicted molar refractivity (Wildman–Crippen MR) is 154 cm³/mol. The average molecular weight is 547 g/mol. The molecule has 0 aromatic carbocycles. The minimum absolute atomic E-state index is 0.124. The lowest BCUT2D eigenvalue weighted by Gasteiger charge is -2.37. The number of H-pyrrole nitrogens is 1. The van der Waals surface area contributed by atoms with Crippen LogP contribution in [0.15, 0.2) is 25.0 Å². The number of nitrogens with one attached hydrogen (secondary N) is 3. The Hall–Kier alpha value is -3.06. The van der Waals surface area contributed by atoms with E-state index in [1.165, 1.54) is 6.42 Å². The maximum atomic E-state index is 10.1. The minimum atomic E-state index is 0.124. The largest absolute Gasteiger partial charge is 0.383 e. The van der Waals surface area contributed by atoms with Gasteiger partial charge in [0.25, 0.3) is 0 Å². The van der Waals surface area contributed by atoms with Crippen LogP contribution in [-0.2, 0) is 19.1 Å². The van der Waals surface area contributed by atoms with Crippen molar-refractivity contribution in [3.8, 4) is 11.3 Å². The lowest BCUT2D eigenvalue weighted by atomic mass is 9.85. The summed E-state index contributed by atoms with van der Waals surface area (Å²) in [5, 5.41) is 14.8. The van der Waals surface area contributed by atoms with E-state index in [9.17, 15) is 4.79 Å². The van der Waals surface area contributed by atoms with Gasteiger partial charge in [-0.1, -0.05) is 19.9 Å². The number of methoxy groups -OCH3 is 1. The fourth-order valence-electron chi connectivity index (χ4n) is 4.36. The lowest BCUT2D eigenvalue weighted by Crippen LogP contribution is -2.44. The summed E-state index contributed by atoms with van der Waals surface area (Å²) in [7, 11) is 3.51. The zero-order valence-corrected chi connectivity index (χ0v) is 24.3. The summed E-state index contributed by atoms with van der Waals surface area (Å²) in [5.74, 6) is 1.66. The first-order chi connectivity index (χ1) is 19.0. The molecule has 5 rings (SSSR count). The zero-order valence-electron chi connectivity index (χ0n) is 24.3. The van der Waals surface area contributed by atoms with Crippen LogP contribution in [0.25, 0.3) is 11.3 Å². The Morgan fingerprint density at radius 1 is 1.31 bits per heavy atom. The Morgan fingerprint density at radius 2 is 2.00 bits per heavy atom. The molecule has 1 spiro atoms. The van der Waals surface area contributed by atoms with Gasteiger partial charge in [-0.15, -0.1) is 6.58 Å². The van der Waals surface area contributed by atoms with Crippen LogP contribution in [0, 0.1) is 12.3 Å². The van der Waals surface area contributed by atoms with E-state index in [1.807, 2.05) is 47.1 Å². The van der Waals surface area contributed by atoms with Crippen molar-refractivity contribution in [1.82, 2.24) is 30.5 Å². The molecule has 0 radical (unpaired) electrons. The number of aromatic amines is 1. The molecule has 3 saturated heterocycles. The monoisotopic (exact) mass is 546 g/mol. The summed E-state index contributed by atoms with van der Waals surface area (Å²) in [6.45, 7) is 17.7. The van der Waals surface area contributed by atoms with Gasteiger partial charge < -0.3 is 25.0 Å². The molecule has 0 unspecified atom stereocenters. The number of rotatable bonds is 8. The van der Waals surface area contributed by atoms with E-state index in [4.69, 9.17) is 14.3 Å². The van der Waals surface area contributed by atoms with Gasteiger partial charge in [0, 0.05) is 69.3 Å². The number of carbonyl (C=O) groups is 1. The first kappa shape index (κ1) is 32.2. The Kier molecular flexibility index (Phi) is 13.9. The molecule has 1 atom stereocenters. The SMILES string of the molecule is C=CC.CC.CNc1n[nH]c(-c2cnc(N3CCC4(COC4)C3)nc2)c1C.COCCN1C[C@@H](NC=O)CO1. The number of allylic oxidation sites excluding steroid dienone is 1. The topological polar surface area (TPSA) is 130 Å². The van der Waals surface area contributed by atoms with Crippen LogP contribution in [-0.4, -0.2) is 104 Å². The number of hydrogen-bond donors (Lipinski definition) is 3. The molecule has 12 nitrogen and oxygen atoms in total. The summed E-state index contributed by atoms with van der Waals surface area (Å²) in [6, 6.07) is 0.124. The van der Waals surface area contributed by atoms with Crippen molar-refractivity contribution in [1.29, 1.82) is 0 Å². The van der Waals surface area contributed by atoms with Gasteiger partial charge in [0.1, 0.15) is 0 Å². The number of carbonyl (C=O) groups excluding carboxylic acids is 1. The van der Waals surface area contributed by atoms with Crippen LogP contribution in [0.5, 0.6) is 0 Å². The third kappa shape index (κ3) is 8.99. The summed E-state index contributed by atoms with van der Waals surface area (Å²) < 4.78 is 10.3. The highest BCUT2D eigenvalue weighted by Crippen LogP contribution is 2.38. The van der Waals surface area contributed by atoms with Gasteiger partial charge in [-0.2, -0.15) is 10.2 Å². The summed E-state index contributed by atoms with van der Waals surface area (Å²) in [5.41, 5.74) is 3.34. The fourth-order valence-corrected chi connectivity index (χ4v) is 4.36. The van der Waals surface area contributed by atoms with Crippen molar-refractivity contribution in [2.24, 2.45) is 5.41 Å². The third-order valence-electron chi connectivity index (χ3n) is 6.44. The molecule has 3 aliphatic rings. The van der Waals surface area contributed by atoms with Gasteiger partial charge in [-0.25, -0.2) is 9.97 Å². The normalized spacial score (nSPS) is 18.9. The minimum Gasteiger partial charge on any atom is -0.383 e. The summed E-state index contributed by atoms with van der Waals surface area (Å²) in [6.07, 6.45) is 7.35. The molecule has 12 heteroatoms. The summed E-state index contributed by atoms with van der Waals surface area (Å²) >= 11 is 0. The summed E-state index contributed by atoms with van der Waals surface area (Å²) in [4.78, 5) is 26.7. The molecule has 2 aromatic heterocycles. The van der Waals surface area contributed by atoms with Crippen molar-refractivity contribution in [2.75, 3.05) is 77.0 Å². The van der Waals surface area contributed by atoms with Crippen molar-refractivity contribution in [3.05, 3.63) is 30.6 Å². The number of amides is 1. The van der Waals surface area contributed by atoms with Crippen LogP contribution in [0.1, 0.15) is 32.8 Å². The predicted octanol–water partition coefficient (Wildman–Crippen LogP) is 2.66. The Balaban J connectivity index is 0.000000266. The third-order valence-corrected chi connectivity index (χ3v) is 6.44. The second kappa shape index (κ2) is 16.8. The molecule has 0 saturated carbocycles. The van der Waals surface area contributed by atoms with Crippen molar-refractivity contribution in [2.45, 2.75) is 40.2 Å². The second-order valence-electron chi connectivity index (χ2n) is 9.32. The van der Waals surface area contributed by atoms with E-state index in [0.29, 0.717) is 25.0 Å². The van der Waals surface area contributed by atoms with Crippen LogP contribution in [0.2, 0.25) is 0 Å². The highest BCUT2D eigenvalue weighted by molar-refractivity contribution is 5.67. The standard InChI is InChI=1S/C15H20N6O.C7H14N2O3.C3H6.C2H6/c1-10-12(19-20-13(10)16-2)11-5-17-14(18-6-11)21-4-3-15(7-21)8-22-9-15;1-11-3-2-9-4-7(5-12-9)8-6-10;1-3-2;1-2/h5-6H,3-4,7-9H2,1-2H3,(H2,16,19,20);6-7H,2-5H2,1H3,(H,8,10);3H,1H2,2H3;1-2H3/t;7-;;/m.1../s1. The van der Waals surface area contributed by atoms with Crippen molar-refractivity contribution in [3.63, 3.8) is 0 Å². The maximum Gasteiger partial charge on any atom is 0.225 e. The van der Waals surface area contributed by atoms with Gasteiger partial charge in [0.05, 0.1) is 38.2 Å². The maximum absolute atomic E-state index is 10.1. The van der Waals surface area contributed by atoms with Crippen molar-refractivity contribution < 1.29 is 19.1 Å². The fraction of sp³-hybridized carbons (Fsp3) is 0.630. The Labute approximate surface area is 232 Å². The van der Waals surface area contributed by atoms with E-state index in [1.54, 1.807) is 18.2 Å². The Bertz CT molecular complexity index is 981. The molecule has 2 aromatic rings. The highest BCUT2D eigenvalue weighted by atomic mass is 16.7. The van der Waals surface area contributed by atoms with E-state index in [2.05, 4.69) is 42.3 Å². The van der Waals surface area contributed by atoms with Crippen LogP contribution < -0.4 is 15.5 Å². The molecule has 3 aliphatic heterocycles. The number of hydrogen-bond acceptors (Lipinski definition) is 10. The van der Waals surface area contributed by atoms with Crippen LogP contribution >= 0.6 is 0 Å². The van der Waals surface area contributed by atoms with Crippen LogP contribution in [0.3, 0.4) is 0 Å². The van der Waals surface area contributed by atoms with E-state index >= 15 is 0 Å². The molecule has 218 valence electrons.